The number of rotatable bonds is 2. The first kappa shape index (κ1) is 13.4. The summed E-state index contributed by atoms with van der Waals surface area (Å²) in [5, 5.41) is 0. The molecule has 0 radical (unpaired) electrons. The van der Waals surface area contributed by atoms with Crippen LogP contribution in [0.2, 0.25) is 0 Å². The third-order valence-electron chi connectivity index (χ3n) is 6.17. The van der Waals surface area contributed by atoms with Gasteiger partial charge in [0.15, 0.2) is 0 Å². The van der Waals surface area contributed by atoms with Gasteiger partial charge in [0.2, 0.25) is 0 Å². The molecule has 1 aliphatic carbocycles. The molecule has 2 aromatic heterocycles. The fraction of sp³-hybridized carbons (Fsp3) is 0.400. The molecule has 1 saturated carbocycles. The van der Waals surface area contributed by atoms with Crippen molar-refractivity contribution in [3.8, 4) is 0 Å². The highest BCUT2D eigenvalue weighted by atomic mass is 15.2. The Hall–Kier alpha value is -2.00. The summed E-state index contributed by atoms with van der Waals surface area (Å²) >= 11 is 0. The smallest absolute Gasteiger partial charge is 0.0421 e. The average Bonchev–Trinajstić information content (AvgIpc) is 2.61. The normalized spacial score (nSPS) is 38.0. The summed E-state index contributed by atoms with van der Waals surface area (Å²) in [4.78, 5) is 11.2. The predicted octanol–water partition coefficient (Wildman–Crippen LogP) is 3.79. The van der Waals surface area contributed by atoms with Gasteiger partial charge in [-0.25, -0.2) is 0 Å². The molecule has 116 valence electrons. The lowest BCUT2D eigenvalue weighted by molar-refractivity contribution is -0.0747. The monoisotopic (exact) mass is 303 g/mol. The Morgan fingerprint density at radius 1 is 0.826 bits per heavy atom. The van der Waals surface area contributed by atoms with Crippen molar-refractivity contribution in [2.45, 2.75) is 24.9 Å². The molecule has 5 heterocycles. The summed E-state index contributed by atoms with van der Waals surface area (Å²) in [6, 6.07) is 9.65. The van der Waals surface area contributed by atoms with Crippen molar-refractivity contribution in [2.75, 3.05) is 6.54 Å². The quantitative estimate of drug-likeness (QED) is 0.791. The molecular formula is C20H21N3. The highest BCUT2D eigenvalue weighted by Crippen LogP contribution is 2.61. The van der Waals surface area contributed by atoms with Crippen molar-refractivity contribution in [3.05, 3.63) is 72.3 Å². The van der Waals surface area contributed by atoms with Crippen LogP contribution in [-0.4, -0.2) is 21.4 Å². The molecule has 4 aliphatic rings. The SMILES string of the molecule is C=C1[C@H]2CC3C[C@@H]1[C@@H](c1ccncc1)N(C3)[C@@H]2c1ccncc1. The number of nitrogens with zero attached hydrogens (tertiary/aromatic N) is 3. The average molecular weight is 303 g/mol. The zero-order chi connectivity index (χ0) is 15.4. The van der Waals surface area contributed by atoms with Crippen LogP contribution in [0.1, 0.15) is 36.1 Å². The van der Waals surface area contributed by atoms with Crippen LogP contribution in [0, 0.1) is 17.8 Å². The maximum Gasteiger partial charge on any atom is 0.0421 e. The first-order valence-electron chi connectivity index (χ1n) is 8.57. The maximum absolute atomic E-state index is 4.55. The molecule has 2 aromatic rings. The van der Waals surface area contributed by atoms with Gasteiger partial charge in [0, 0.05) is 43.4 Å². The number of hydrogen-bond donors (Lipinski definition) is 0. The number of aromatic nitrogens is 2. The van der Waals surface area contributed by atoms with Crippen molar-refractivity contribution < 1.29 is 0 Å². The van der Waals surface area contributed by atoms with Crippen molar-refractivity contribution in [3.63, 3.8) is 0 Å². The molecule has 6 rings (SSSR count). The van der Waals surface area contributed by atoms with E-state index >= 15 is 0 Å². The lowest BCUT2D eigenvalue weighted by atomic mass is 9.58. The van der Waals surface area contributed by atoms with Crippen molar-refractivity contribution in [1.29, 1.82) is 0 Å². The van der Waals surface area contributed by atoms with Crippen LogP contribution >= 0.6 is 0 Å². The second kappa shape index (κ2) is 5.00. The van der Waals surface area contributed by atoms with E-state index in [4.69, 9.17) is 0 Å². The zero-order valence-corrected chi connectivity index (χ0v) is 13.2. The van der Waals surface area contributed by atoms with Crippen molar-refractivity contribution in [2.24, 2.45) is 17.8 Å². The molecule has 3 aliphatic heterocycles. The predicted molar refractivity (Wildman–Crippen MR) is 89.5 cm³/mol. The van der Waals surface area contributed by atoms with E-state index in [2.05, 4.69) is 45.7 Å². The highest BCUT2D eigenvalue weighted by molar-refractivity contribution is 5.34. The van der Waals surface area contributed by atoms with Gasteiger partial charge in [0.25, 0.3) is 0 Å². The van der Waals surface area contributed by atoms with E-state index in [1.54, 1.807) is 0 Å². The van der Waals surface area contributed by atoms with Gasteiger partial charge >= 0.3 is 0 Å². The summed E-state index contributed by atoms with van der Waals surface area (Å²) in [7, 11) is 0. The number of hydrogen-bond acceptors (Lipinski definition) is 3. The Balaban J connectivity index is 1.62. The van der Waals surface area contributed by atoms with Gasteiger partial charge in [0.05, 0.1) is 0 Å². The Labute approximate surface area is 137 Å². The van der Waals surface area contributed by atoms with E-state index in [1.165, 1.54) is 36.1 Å². The van der Waals surface area contributed by atoms with Crippen molar-refractivity contribution >= 4 is 0 Å². The molecule has 3 saturated heterocycles. The minimum Gasteiger partial charge on any atom is -0.288 e. The molecule has 6 atom stereocenters. The van der Waals surface area contributed by atoms with Gasteiger partial charge < -0.3 is 0 Å². The van der Waals surface area contributed by atoms with Gasteiger partial charge in [-0.1, -0.05) is 12.2 Å². The van der Waals surface area contributed by atoms with Crippen LogP contribution in [0.15, 0.2) is 61.2 Å². The number of pyridine rings is 2. The second-order valence-electron chi connectivity index (χ2n) is 7.27. The molecule has 3 heteroatoms. The maximum atomic E-state index is 4.55. The Kier molecular flexibility index (Phi) is 2.92. The molecule has 2 unspecified atom stereocenters. The molecule has 4 bridgehead atoms. The van der Waals surface area contributed by atoms with E-state index < -0.39 is 0 Å². The van der Waals surface area contributed by atoms with Gasteiger partial charge in [0.1, 0.15) is 0 Å². The largest absolute Gasteiger partial charge is 0.288 e. The van der Waals surface area contributed by atoms with E-state index in [1.807, 2.05) is 24.8 Å². The van der Waals surface area contributed by atoms with E-state index in [0.29, 0.717) is 23.9 Å². The van der Waals surface area contributed by atoms with Crippen LogP contribution in [-0.2, 0) is 0 Å². The molecular weight excluding hydrogens is 282 g/mol. The van der Waals surface area contributed by atoms with E-state index in [9.17, 15) is 0 Å². The fourth-order valence-corrected chi connectivity index (χ4v) is 5.33. The molecule has 23 heavy (non-hydrogen) atoms. The first-order valence-corrected chi connectivity index (χ1v) is 8.57. The van der Waals surface area contributed by atoms with Crippen LogP contribution in [0.4, 0.5) is 0 Å². The highest BCUT2D eigenvalue weighted by Gasteiger charge is 2.54. The lowest BCUT2D eigenvalue weighted by Crippen LogP contribution is -2.57. The summed E-state index contributed by atoms with van der Waals surface area (Å²) in [5.74, 6) is 2.05. The van der Waals surface area contributed by atoms with Crippen LogP contribution in [0.3, 0.4) is 0 Å². The van der Waals surface area contributed by atoms with Gasteiger partial charge in [-0.05, 0) is 66.0 Å². The Bertz CT molecular complexity index is 668. The summed E-state index contributed by atoms with van der Waals surface area (Å²) in [6.07, 6.45) is 10.3. The third kappa shape index (κ3) is 1.93. The Morgan fingerprint density at radius 3 is 1.78 bits per heavy atom. The molecule has 0 amide bonds. The number of piperidine rings is 3. The summed E-state index contributed by atoms with van der Waals surface area (Å²) in [6.45, 7) is 5.76. The lowest BCUT2D eigenvalue weighted by Gasteiger charge is -2.61. The first-order chi connectivity index (χ1) is 11.3. The van der Waals surface area contributed by atoms with Gasteiger partial charge in [-0.2, -0.15) is 0 Å². The standard InChI is InChI=1S/C20H21N3/c1-13-17-10-14-11-18(13)20(16-4-8-22-9-5-16)23(12-14)19(17)15-2-6-21-7-3-15/h2-9,14,17-20H,1,10-12H2/t14?,17-,18+,19-,20-/m1/s1. The summed E-state index contributed by atoms with van der Waals surface area (Å²) < 4.78 is 0. The van der Waals surface area contributed by atoms with Gasteiger partial charge in [-0.3, -0.25) is 14.9 Å². The van der Waals surface area contributed by atoms with E-state index in [0.717, 1.165) is 5.92 Å². The fourth-order valence-electron chi connectivity index (χ4n) is 5.33. The van der Waals surface area contributed by atoms with Crippen molar-refractivity contribution in [1.82, 2.24) is 14.9 Å². The Morgan fingerprint density at radius 2 is 1.30 bits per heavy atom. The minimum absolute atomic E-state index is 0.455. The zero-order valence-electron chi connectivity index (χ0n) is 13.2. The molecule has 3 nitrogen and oxygen atoms in total. The van der Waals surface area contributed by atoms with Crippen LogP contribution in [0.5, 0.6) is 0 Å². The summed E-state index contributed by atoms with van der Waals surface area (Å²) in [5.41, 5.74) is 4.26. The van der Waals surface area contributed by atoms with Crippen LogP contribution in [0.25, 0.3) is 0 Å². The topological polar surface area (TPSA) is 29.0 Å². The minimum atomic E-state index is 0.455. The molecule has 0 spiro atoms. The third-order valence-corrected chi connectivity index (χ3v) is 6.17. The molecule has 4 fully saturated rings. The second-order valence-corrected chi connectivity index (χ2v) is 7.27. The van der Waals surface area contributed by atoms with Gasteiger partial charge in [-0.15, -0.1) is 0 Å². The molecule has 0 aromatic carbocycles. The van der Waals surface area contributed by atoms with E-state index in [-0.39, 0.29) is 0 Å². The molecule has 0 N–H and O–H groups in total. The van der Waals surface area contributed by atoms with Crippen LogP contribution < -0.4 is 0 Å².